The lowest BCUT2D eigenvalue weighted by Gasteiger charge is -1.99. The van der Waals surface area contributed by atoms with E-state index in [1.54, 1.807) is 0 Å². The fourth-order valence-corrected chi connectivity index (χ4v) is 1.02. The number of hydrogen-bond acceptors (Lipinski definition) is 2. The number of allylic oxidation sites excluding steroid dienone is 1. The molecule has 0 saturated heterocycles. The second-order valence-electron chi connectivity index (χ2n) is 2.14. The van der Waals surface area contributed by atoms with Gasteiger partial charge in [-0.3, -0.25) is 0 Å². The molecule has 9 heavy (non-hydrogen) atoms. The quantitative estimate of drug-likeness (QED) is 0.551. The van der Waals surface area contributed by atoms with Gasteiger partial charge >= 0.3 is 0 Å². The van der Waals surface area contributed by atoms with E-state index in [-0.39, 0.29) is 0 Å². The topological polar surface area (TPSA) is 52.0 Å². The van der Waals surface area contributed by atoms with Gasteiger partial charge in [-0.1, -0.05) is 12.2 Å². The van der Waals surface area contributed by atoms with Crippen LogP contribution >= 0.6 is 0 Å². The molecule has 4 N–H and O–H groups in total. The Morgan fingerprint density at radius 1 is 1.33 bits per heavy atom. The van der Waals surface area contributed by atoms with Crippen LogP contribution in [0.1, 0.15) is 6.42 Å². The molecule has 50 valence electrons. The van der Waals surface area contributed by atoms with Gasteiger partial charge in [0.05, 0.1) is 0 Å². The van der Waals surface area contributed by atoms with Gasteiger partial charge in [0.25, 0.3) is 0 Å². The summed E-state index contributed by atoms with van der Waals surface area (Å²) in [4.78, 5) is 0. The van der Waals surface area contributed by atoms with E-state index < -0.39 is 0 Å². The third-order valence-electron chi connectivity index (χ3n) is 1.60. The van der Waals surface area contributed by atoms with Crippen LogP contribution < -0.4 is 11.5 Å². The van der Waals surface area contributed by atoms with Crippen molar-refractivity contribution in [3.63, 3.8) is 0 Å². The maximum absolute atomic E-state index is 5.45. The summed E-state index contributed by atoms with van der Waals surface area (Å²) in [6.45, 7) is 1.28. The average molecular weight is 124 g/mol. The van der Waals surface area contributed by atoms with Crippen molar-refractivity contribution in [3.05, 3.63) is 23.3 Å². The summed E-state index contributed by atoms with van der Waals surface area (Å²) in [7, 11) is 0. The van der Waals surface area contributed by atoms with Gasteiger partial charge in [0.2, 0.25) is 0 Å². The standard InChI is InChI=1S/C7H12N2/c8-4-6-2-1-3-7(6)5-9/h1-2H,3-5,8-9H2. The van der Waals surface area contributed by atoms with E-state index in [1.165, 1.54) is 11.1 Å². The first-order chi connectivity index (χ1) is 4.38. The fraction of sp³-hybridized carbons (Fsp3) is 0.429. The first-order valence-electron chi connectivity index (χ1n) is 3.16. The van der Waals surface area contributed by atoms with Crippen LogP contribution in [0.3, 0.4) is 0 Å². The van der Waals surface area contributed by atoms with Gasteiger partial charge in [-0.05, 0) is 17.6 Å². The van der Waals surface area contributed by atoms with Crippen LogP contribution in [0, 0.1) is 0 Å². The summed E-state index contributed by atoms with van der Waals surface area (Å²) < 4.78 is 0. The lowest BCUT2D eigenvalue weighted by molar-refractivity contribution is 1.04. The number of nitrogens with two attached hydrogens (primary N) is 2. The Kier molecular flexibility index (Phi) is 2.03. The Bertz CT molecular complexity index is 156. The summed E-state index contributed by atoms with van der Waals surface area (Å²) in [5.41, 5.74) is 13.4. The monoisotopic (exact) mass is 124 g/mol. The predicted octanol–water partition coefficient (Wildman–Crippen LogP) is 0.160. The minimum Gasteiger partial charge on any atom is -0.327 e. The SMILES string of the molecule is NCC1=C(CN)CC=C1. The molecule has 0 aromatic rings. The molecule has 0 aromatic carbocycles. The van der Waals surface area contributed by atoms with Gasteiger partial charge in [0.1, 0.15) is 0 Å². The summed E-state index contributed by atoms with van der Waals surface area (Å²) in [5.74, 6) is 0. The fourth-order valence-electron chi connectivity index (χ4n) is 1.02. The van der Waals surface area contributed by atoms with Crippen LogP contribution in [0.15, 0.2) is 23.3 Å². The van der Waals surface area contributed by atoms with E-state index in [0.29, 0.717) is 13.1 Å². The maximum atomic E-state index is 5.45. The lowest BCUT2D eigenvalue weighted by atomic mass is 10.1. The van der Waals surface area contributed by atoms with E-state index in [4.69, 9.17) is 11.5 Å². The van der Waals surface area contributed by atoms with E-state index in [1.807, 2.05) is 0 Å². The summed E-state index contributed by atoms with van der Waals surface area (Å²) >= 11 is 0. The normalized spacial score (nSPS) is 17.6. The smallest absolute Gasteiger partial charge is 0.0178 e. The van der Waals surface area contributed by atoms with Gasteiger partial charge < -0.3 is 11.5 Å². The van der Waals surface area contributed by atoms with Crippen LogP contribution in [0.4, 0.5) is 0 Å². The maximum Gasteiger partial charge on any atom is 0.0178 e. The van der Waals surface area contributed by atoms with Crippen molar-refractivity contribution in [2.75, 3.05) is 13.1 Å². The third-order valence-corrected chi connectivity index (χ3v) is 1.60. The molecule has 0 radical (unpaired) electrons. The first kappa shape index (κ1) is 6.52. The van der Waals surface area contributed by atoms with Crippen molar-refractivity contribution >= 4 is 0 Å². The van der Waals surface area contributed by atoms with Crippen molar-refractivity contribution in [2.24, 2.45) is 11.5 Å². The van der Waals surface area contributed by atoms with Gasteiger partial charge in [-0.15, -0.1) is 0 Å². The Morgan fingerprint density at radius 3 is 2.56 bits per heavy atom. The second kappa shape index (κ2) is 2.80. The van der Waals surface area contributed by atoms with Crippen LogP contribution in [-0.4, -0.2) is 13.1 Å². The van der Waals surface area contributed by atoms with Gasteiger partial charge in [-0.2, -0.15) is 0 Å². The Labute approximate surface area is 55.2 Å². The molecule has 0 fully saturated rings. The highest BCUT2D eigenvalue weighted by Crippen LogP contribution is 2.15. The summed E-state index contributed by atoms with van der Waals surface area (Å²) in [6.07, 6.45) is 5.16. The highest BCUT2D eigenvalue weighted by Gasteiger charge is 2.03. The Morgan fingerprint density at radius 2 is 2.11 bits per heavy atom. The molecule has 1 aliphatic rings. The largest absolute Gasteiger partial charge is 0.327 e. The molecule has 0 aliphatic heterocycles. The molecule has 0 atom stereocenters. The molecular weight excluding hydrogens is 112 g/mol. The Balaban J connectivity index is 2.67. The van der Waals surface area contributed by atoms with Crippen LogP contribution in [0.5, 0.6) is 0 Å². The Hall–Kier alpha value is -0.600. The van der Waals surface area contributed by atoms with Crippen molar-refractivity contribution in [1.82, 2.24) is 0 Å². The molecule has 1 aliphatic carbocycles. The van der Waals surface area contributed by atoms with Crippen LogP contribution in [0.25, 0.3) is 0 Å². The third kappa shape index (κ3) is 1.20. The van der Waals surface area contributed by atoms with Gasteiger partial charge in [-0.25, -0.2) is 0 Å². The zero-order chi connectivity index (χ0) is 6.69. The molecule has 0 bridgehead atoms. The molecule has 2 nitrogen and oxygen atoms in total. The molecule has 0 spiro atoms. The molecule has 0 aromatic heterocycles. The molecule has 0 heterocycles. The number of hydrogen-bond donors (Lipinski definition) is 2. The molecule has 0 unspecified atom stereocenters. The molecule has 2 heteroatoms. The van der Waals surface area contributed by atoms with E-state index in [0.717, 1.165) is 6.42 Å². The molecular formula is C7H12N2. The zero-order valence-electron chi connectivity index (χ0n) is 5.43. The van der Waals surface area contributed by atoms with Crippen LogP contribution in [-0.2, 0) is 0 Å². The van der Waals surface area contributed by atoms with E-state index >= 15 is 0 Å². The van der Waals surface area contributed by atoms with E-state index in [2.05, 4.69) is 12.2 Å². The molecule has 0 saturated carbocycles. The second-order valence-corrected chi connectivity index (χ2v) is 2.14. The lowest BCUT2D eigenvalue weighted by Crippen LogP contribution is -2.08. The predicted molar refractivity (Wildman–Crippen MR) is 38.9 cm³/mol. The first-order valence-corrected chi connectivity index (χ1v) is 3.16. The molecule has 1 rings (SSSR count). The minimum atomic E-state index is 0.628. The van der Waals surface area contributed by atoms with Crippen molar-refractivity contribution in [1.29, 1.82) is 0 Å². The highest BCUT2D eigenvalue weighted by atomic mass is 14.6. The zero-order valence-corrected chi connectivity index (χ0v) is 5.43. The van der Waals surface area contributed by atoms with Gasteiger partial charge in [0, 0.05) is 13.1 Å². The number of rotatable bonds is 2. The van der Waals surface area contributed by atoms with E-state index in [9.17, 15) is 0 Å². The van der Waals surface area contributed by atoms with Crippen molar-refractivity contribution in [2.45, 2.75) is 6.42 Å². The van der Waals surface area contributed by atoms with Gasteiger partial charge in [0.15, 0.2) is 0 Å². The van der Waals surface area contributed by atoms with Crippen molar-refractivity contribution < 1.29 is 0 Å². The van der Waals surface area contributed by atoms with Crippen LogP contribution in [0.2, 0.25) is 0 Å². The molecule has 0 amide bonds. The average Bonchev–Trinajstić information content (AvgIpc) is 2.33. The summed E-state index contributed by atoms with van der Waals surface area (Å²) in [5, 5.41) is 0. The minimum absolute atomic E-state index is 0.628. The highest BCUT2D eigenvalue weighted by molar-refractivity contribution is 5.35. The summed E-state index contributed by atoms with van der Waals surface area (Å²) in [6, 6.07) is 0. The van der Waals surface area contributed by atoms with Crippen molar-refractivity contribution in [3.8, 4) is 0 Å².